The van der Waals surface area contributed by atoms with Gasteiger partial charge < -0.3 is 10.2 Å². The van der Waals surface area contributed by atoms with Crippen LogP contribution in [0.25, 0.3) is 11.0 Å². The molecule has 0 radical (unpaired) electrons. The number of benzene rings is 1. The smallest absolute Gasteiger partial charge is 0.135 e. The number of hydrogen-bond donors (Lipinski definition) is 1. The fraction of sp³-hybridized carbons (Fsp3) is 0.133. The first-order chi connectivity index (χ1) is 9.16. The lowest BCUT2D eigenvalue weighted by Crippen LogP contribution is -2.11. The lowest BCUT2D eigenvalue weighted by atomic mass is 10.0. The van der Waals surface area contributed by atoms with Gasteiger partial charge >= 0.3 is 0 Å². The third-order valence-electron chi connectivity index (χ3n) is 3.28. The van der Waals surface area contributed by atoms with Gasteiger partial charge in [-0.05, 0) is 42.8 Å². The molecule has 19 heavy (non-hydrogen) atoms. The van der Waals surface area contributed by atoms with E-state index in [0.717, 1.165) is 32.3 Å². The molecule has 3 aromatic rings. The summed E-state index contributed by atoms with van der Waals surface area (Å²) in [6.07, 6.45) is 3.48. The summed E-state index contributed by atoms with van der Waals surface area (Å²) in [6, 6.07) is 9.56. The van der Waals surface area contributed by atoms with Gasteiger partial charge in [-0.3, -0.25) is 4.98 Å². The van der Waals surface area contributed by atoms with Crippen LogP contribution in [0.1, 0.15) is 22.9 Å². The van der Waals surface area contributed by atoms with Gasteiger partial charge in [0.25, 0.3) is 0 Å². The number of nitrogens with zero attached hydrogens (tertiary/aromatic N) is 1. The Balaban J connectivity index is 2.13. The first-order valence-electron chi connectivity index (χ1n) is 6.01. The van der Waals surface area contributed by atoms with Gasteiger partial charge in [-0.2, -0.15) is 0 Å². The van der Waals surface area contributed by atoms with Crippen molar-refractivity contribution in [3.63, 3.8) is 0 Å². The number of nitrogens with two attached hydrogens (primary N) is 1. The molecule has 0 aliphatic rings. The molecule has 0 bridgehead atoms. The highest BCUT2D eigenvalue weighted by atomic mass is 79.9. The summed E-state index contributed by atoms with van der Waals surface area (Å²) in [6.45, 7) is 2.04. The minimum Gasteiger partial charge on any atom is -0.459 e. The first-order valence-corrected chi connectivity index (χ1v) is 6.80. The van der Waals surface area contributed by atoms with Gasteiger partial charge in [0.15, 0.2) is 0 Å². The zero-order valence-corrected chi connectivity index (χ0v) is 12.0. The van der Waals surface area contributed by atoms with E-state index in [0.29, 0.717) is 0 Å². The third-order valence-corrected chi connectivity index (χ3v) is 3.78. The van der Waals surface area contributed by atoms with Crippen LogP contribution in [0.5, 0.6) is 0 Å². The Hall–Kier alpha value is -1.65. The predicted molar refractivity (Wildman–Crippen MR) is 78.9 cm³/mol. The van der Waals surface area contributed by atoms with Crippen LogP contribution in [0.3, 0.4) is 0 Å². The van der Waals surface area contributed by atoms with Gasteiger partial charge in [-0.1, -0.05) is 15.9 Å². The standard InChI is InChI=1S/C15H13BrN2O/c1-9-12-3-2-11(16)8-13(12)19-15(9)14(17)10-4-6-18-7-5-10/h2-8,14H,17H2,1H3. The number of halogens is 1. The minimum absolute atomic E-state index is 0.269. The molecule has 0 saturated carbocycles. The van der Waals surface area contributed by atoms with E-state index >= 15 is 0 Å². The summed E-state index contributed by atoms with van der Waals surface area (Å²) < 4.78 is 6.92. The summed E-state index contributed by atoms with van der Waals surface area (Å²) in [5.41, 5.74) is 9.23. The van der Waals surface area contributed by atoms with Crippen LogP contribution in [-0.4, -0.2) is 4.98 Å². The molecule has 2 heterocycles. The number of fused-ring (bicyclic) bond motifs is 1. The highest BCUT2D eigenvalue weighted by Crippen LogP contribution is 2.32. The monoisotopic (exact) mass is 316 g/mol. The molecule has 0 amide bonds. The number of pyridine rings is 1. The van der Waals surface area contributed by atoms with Gasteiger partial charge in [-0.25, -0.2) is 0 Å². The van der Waals surface area contributed by atoms with Crippen LogP contribution in [0, 0.1) is 6.92 Å². The SMILES string of the molecule is Cc1c(C(N)c2ccncc2)oc2cc(Br)ccc12. The van der Waals surface area contributed by atoms with E-state index < -0.39 is 0 Å². The van der Waals surface area contributed by atoms with Gasteiger partial charge in [0.2, 0.25) is 0 Å². The largest absolute Gasteiger partial charge is 0.459 e. The molecule has 4 heteroatoms. The fourth-order valence-corrected chi connectivity index (χ4v) is 2.58. The summed E-state index contributed by atoms with van der Waals surface area (Å²) in [5, 5.41) is 1.10. The third kappa shape index (κ3) is 2.17. The Bertz CT molecular complexity index is 722. The van der Waals surface area contributed by atoms with Crippen molar-refractivity contribution in [2.24, 2.45) is 5.73 Å². The van der Waals surface area contributed by atoms with Crippen molar-refractivity contribution in [3.05, 3.63) is 64.1 Å². The zero-order valence-electron chi connectivity index (χ0n) is 10.4. The molecule has 1 aromatic carbocycles. The summed E-state index contributed by atoms with van der Waals surface area (Å²) in [7, 11) is 0. The number of furan rings is 1. The molecule has 3 rings (SSSR count). The molecule has 1 unspecified atom stereocenters. The fourth-order valence-electron chi connectivity index (χ4n) is 2.24. The second-order valence-electron chi connectivity index (χ2n) is 4.49. The van der Waals surface area contributed by atoms with Gasteiger partial charge in [-0.15, -0.1) is 0 Å². The van der Waals surface area contributed by atoms with Crippen LogP contribution in [0.15, 0.2) is 51.6 Å². The predicted octanol–water partition coefficient (Wildman–Crippen LogP) is 3.95. The van der Waals surface area contributed by atoms with Gasteiger partial charge in [0.1, 0.15) is 11.3 Å². The molecule has 0 aliphatic carbocycles. The molecular weight excluding hydrogens is 304 g/mol. The van der Waals surface area contributed by atoms with Crippen LogP contribution in [0.2, 0.25) is 0 Å². The van der Waals surface area contributed by atoms with Crippen LogP contribution in [-0.2, 0) is 0 Å². The van der Waals surface area contributed by atoms with Gasteiger partial charge in [0.05, 0.1) is 6.04 Å². The van der Waals surface area contributed by atoms with Crippen molar-refractivity contribution >= 4 is 26.9 Å². The topological polar surface area (TPSA) is 52.0 Å². The quantitative estimate of drug-likeness (QED) is 0.779. The molecular formula is C15H13BrN2O. The maximum atomic E-state index is 6.29. The zero-order chi connectivity index (χ0) is 13.4. The Morgan fingerprint density at radius 2 is 1.95 bits per heavy atom. The molecule has 0 fully saturated rings. The number of hydrogen-bond acceptors (Lipinski definition) is 3. The van der Waals surface area contributed by atoms with Crippen LogP contribution in [0.4, 0.5) is 0 Å². The number of aromatic nitrogens is 1. The summed E-state index contributed by atoms with van der Waals surface area (Å²) in [4.78, 5) is 4.01. The van der Waals surface area contributed by atoms with Crippen molar-refractivity contribution in [3.8, 4) is 0 Å². The minimum atomic E-state index is -0.269. The molecule has 0 spiro atoms. The highest BCUT2D eigenvalue weighted by Gasteiger charge is 2.18. The Labute approximate surface area is 119 Å². The molecule has 2 N–H and O–H groups in total. The second kappa shape index (κ2) is 4.79. The molecule has 0 aliphatic heterocycles. The summed E-state index contributed by atoms with van der Waals surface area (Å²) in [5.74, 6) is 0.805. The first kappa shape index (κ1) is 12.4. The molecule has 0 saturated heterocycles. The van der Waals surface area contributed by atoms with E-state index in [1.807, 2.05) is 37.3 Å². The highest BCUT2D eigenvalue weighted by molar-refractivity contribution is 9.10. The van der Waals surface area contributed by atoms with E-state index in [4.69, 9.17) is 10.2 Å². The Kier molecular flexibility index (Phi) is 3.12. The number of rotatable bonds is 2. The molecule has 2 aromatic heterocycles. The second-order valence-corrected chi connectivity index (χ2v) is 5.41. The molecule has 1 atom stereocenters. The van der Waals surface area contributed by atoms with Crippen molar-refractivity contribution in [1.29, 1.82) is 0 Å². The average molecular weight is 317 g/mol. The van der Waals surface area contributed by atoms with Crippen LogP contribution < -0.4 is 5.73 Å². The van der Waals surface area contributed by atoms with E-state index in [-0.39, 0.29) is 6.04 Å². The van der Waals surface area contributed by atoms with E-state index in [1.165, 1.54) is 0 Å². The average Bonchev–Trinajstić information content (AvgIpc) is 2.75. The van der Waals surface area contributed by atoms with Crippen molar-refractivity contribution < 1.29 is 4.42 Å². The van der Waals surface area contributed by atoms with Crippen molar-refractivity contribution in [2.75, 3.05) is 0 Å². The maximum absolute atomic E-state index is 6.29. The normalized spacial score (nSPS) is 12.8. The Morgan fingerprint density at radius 1 is 1.21 bits per heavy atom. The van der Waals surface area contributed by atoms with Gasteiger partial charge in [0, 0.05) is 27.8 Å². The maximum Gasteiger partial charge on any atom is 0.135 e. The molecule has 96 valence electrons. The van der Waals surface area contributed by atoms with Crippen LogP contribution >= 0.6 is 15.9 Å². The van der Waals surface area contributed by atoms with E-state index in [9.17, 15) is 0 Å². The summed E-state index contributed by atoms with van der Waals surface area (Å²) >= 11 is 3.45. The van der Waals surface area contributed by atoms with E-state index in [2.05, 4.69) is 20.9 Å². The van der Waals surface area contributed by atoms with E-state index in [1.54, 1.807) is 12.4 Å². The number of aryl methyl sites for hydroxylation is 1. The molecule has 3 nitrogen and oxygen atoms in total. The van der Waals surface area contributed by atoms with Crippen molar-refractivity contribution in [2.45, 2.75) is 13.0 Å². The Morgan fingerprint density at radius 3 is 2.68 bits per heavy atom. The lowest BCUT2D eigenvalue weighted by molar-refractivity contribution is 0.521. The lowest BCUT2D eigenvalue weighted by Gasteiger charge is -2.09. The van der Waals surface area contributed by atoms with Crippen molar-refractivity contribution in [1.82, 2.24) is 4.98 Å².